The van der Waals surface area contributed by atoms with Crippen LogP contribution >= 0.6 is 11.6 Å². The van der Waals surface area contributed by atoms with Gasteiger partial charge in [0, 0.05) is 24.3 Å². The third-order valence-corrected chi connectivity index (χ3v) is 6.47. The van der Waals surface area contributed by atoms with Crippen LogP contribution in [0.2, 0.25) is 5.15 Å². The number of aryl methyl sites for hydroxylation is 2. The highest BCUT2D eigenvalue weighted by Crippen LogP contribution is 2.33. The number of rotatable bonds is 8. The lowest BCUT2D eigenvalue weighted by Crippen LogP contribution is -2.48. The van der Waals surface area contributed by atoms with E-state index in [9.17, 15) is 9.90 Å². The molecule has 0 spiro atoms. The maximum Gasteiger partial charge on any atom is 0.410 e. The summed E-state index contributed by atoms with van der Waals surface area (Å²) in [5.74, 6) is 0.803. The van der Waals surface area contributed by atoms with Gasteiger partial charge in [-0.25, -0.2) is 9.78 Å². The summed E-state index contributed by atoms with van der Waals surface area (Å²) in [6, 6.07) is 11.5. The molecule has 1 aromatic carbocycles. The van der Waals surface area contributed by atoms with Gasteiger partial charge in [-0.1, -0.05) is 29.8 Å². The third-order valence-electron chi connectivity index (χ3n) is 6.14. The molecule has 7 nitrogen and oxygen atoms in total. The Morgan fingerprint density at radius 1 is 1.26 bits per heavy atom. The Balaban J connectivity index is 1.81. The van der Waals surface area contributed by atoms with Gasteiger partial charge in [-0.2, -0.15) is 0 Å². The van der Waals surface area contributed by atoms with Crippen LogP contribution < -0.4 is 10.1 Å². The van der Waals surface area contributed by atoms with Crippen LogP contribution in [0.3, 0.4) is 0 Å². The van der Waals surface area contributed by atoms with E-state index in [-0.39, 0.29) is 12.6 Å². The van der Waals surface area contributed by atoms with E-state index >= 15 is 0 Å². The molecule has 8 heteroatoms. The number of likely N-dealkylation sites (tertiary alicyclic amines) is 1. The van der Waals surface area contributed by atoms with Crippen molar-refractivity contribution in [1.82, 2.24) is 15.2 Å². The molecule has 0 saturated carbocycles. The SMILES string of the molecule is COc1ccc(CNC2(CCc3ccc(C)nc3Cl)CC(CO)N(C(=O)OC(C)(C)C)C2)cc1. The Labute approximate surface area is 207 Å². The standard InChI is InChI=1S/C26H36ClN3O4/c1-18-6-9-20(23(27)29-18)12-13-26(28-15-19-7-10-22(33-5)11-8-19)14-21(16-31)30(17-26)24(32)34-25(2,3)4/h6-11,21,28,31H,12-17H2,1-5H3. The molecule has 2 atom stereocenters. The van der Waals surface area contributed by atoms with E-state index in [1.54, 1.807) is 12.0 Å². The molecule has 186 valence electrons. The summed E-state index contributed by atoms with van der Waals surface area (Å²) < 4.78 is 10.9. The Hall–Kier alpha value is -2.35. The molecule has 1 aliphatic rings. The van der Waals surface area contributed by atoms with Crippen LogP contribution in [-0.4, -0.2) is 58.5 Å². The van der Waals surface area contributed by atoms with Crippen LogP contribution in [0.5, 0.6) is 5.75 Å². The van der Waals surface area contributed by atoms with E-state index in [2.05, 4.69) is 10.3 Å². The Bertz CT molecular complexity index is 977. The molecule has 2 heterocycles. The summed E-state index contributed by atoms with van der Waals surface area (Å²) in [6.45, 7) is 8.36. The van der Waals surface area contributed by atoms with Gasteiger partial charge in [-0.15, -0.1) is 0 Å². The average Bonchev–Trinajstić information content (AvgIpc) is 3.16. The highest BCUT2D eigenvalue weighted by molar-refractivity contribution is 6.30. The van der Waals surface area contributed by atoms with E-state index in [1.807, 2.05) is 64.1 Å². The number of amides is 1. The number of carbonyl (C=O) groups is 1. The van der Waals surface area contributed by atoms with Crippen molar-refractivity contribution in [3.63, 3.8) is 0 Å². The van der Waals surface area contributed by atoms with Crippen molar-refractivity contribution >= 4 is 17.7 Å². The van der Waals surface area contributed by atoms with Gasteiger partial charge < -0.3 is 24.8 Å². The minimum absolute atomic E-state index is 0.127. The van der Waals surface area contributed by atoms with Crippen molar-refractivity contribution in [1.29, 1.82) is 0 Å². The van der Waals surface area contributed by atoms with Crippen molar-refractivity contribution in [2.75, 3.05) is 20.3 Å². The monoisotopic (exact) mass is 489 g/mol. The molecule has 2 aromatic rings. The maximum absolute atomic E-state index is 12.9. The number of pyridine rings is 1. The zero-order valence-corrected chi connectivity index (χ0v) is 21.5. The number of ether oxygens (including phenoxy) is 2. The summed E-state index contributed by atoms with van der Waals surface area (Å²) in [4.78, 5) is 19.0. The predicted molar refractivity (Wildman–Crippen MR) is 133 cm³/mol. The summed E-state index contributed by atoms with van der Waals surface area (Å²) >= 11 is 6.40. The fraction of sp³-hybridized carbons (Fsp3) is 0.538. The second-order valence-corrected chi connectivity index (χ2v) is 10.4. The van der Waals surface area contributed by atoms with E-state index in [4.69, 9.17) is 21.1 Å². The molecular weight excluding hydrogens is 454 g/mol. The number of carbonyl (C=O) groups excluding carboxylic acids is 1. The van der Waals surface area contributed by atoms with Gasteiger partial charge in [-0.3, -0.25) is 0 Å². The molecule has 3 rings (SSSR count). The number of methoxy groups -OCH3 is 1. The molecule has 0 bridgehead atoms. The summed E-state index contributed by atoms with van der Waals surface area (Å²) in [6.07, 6.45) is 1.62. The molecule has 1 amide bonds. The maximum atomic E-state index is 12.9. The minimum Gasteiger partial charge on any atom is -0.497 e. The zero-order chi connectivity index (χ0) is 24.9. The lowest BCUT2D eigenvalue weighted by molar-refractivity contribution is 0.0167. The number of hydrogen-bond acceptors (Lipinski definition) is 6. The highest BCUT2D eigenvalue weighted by Gasteiger charge is 2.46. The largest absolute Gasteiger partial charge is 0.497 e. The molecule has 1 aliphatic heterocycles. The fourth-order valence-corrected chi connectivity index (χ4v) is 4.61. The van der Waals surface area contributed by atoms with E-state index in [1.165, 1.54) is 0 Å². The van der Waals surface area contributed by atoms with Crippen LogP contribution in [0.15, 0.2) is 36.4 Å². The number of aromatic nitrogens is 1. The molecular formula is C26H36ClN3O4. The van der Waals surface area contributed by atoms with Crippen LogP contribution in [0, 0.1) is 6.92 Å². The molecule has 1 fully saturated rings. The van der Waals surface area contributed by atoms with Crippen molar-refractivity contribution in [2.45, 2.75) is 70.7 Å². The second-order valence-electron chi connectivity index (χ2n) is 10.0. The summed E-state index contributed by atoms with van der Waals surface area (Å²) in [7, 11) is 1.64. The first-order valence-electron chi connectivity index (χ1n) is 11.6. The molecule has 34 heavy (non-hydrogen) atoms. The lowest BCUT2D eigenvalue weighted by atomic mass is 9.88. The highest BCUT2D eigenvalue weighted by atomic mass is 35.5. The molecule has 0 radical (unpaired) electrons. The Morgan fingerprint density at radius 2 is 1.97 bits per heavy atom. The number of hydrogen-bond donors (Lipinski definition) is 2. The van der Waals surface area contributed by atoms with E-state index < -0.39 is 17.2 Å². The number of benzene rings is 1. The fourth-order valence-electron chi connectivity index (χ4n) is 4.32. The second kappa shape index (κ2) is 10.9. The van der Waals surface area contributed by atoms with Crippen molar-refractivity contribution in [3.8, 4) is 5.75 Å². The minimum atomic E-state index is -0.611. The van der Waals surface area contributed by atoms with Gasteiger partial charge in [0.1, 0.15) is 16.5 Å². The van der Waals surface area contributed by atoms with Gasteiger partial charge in [0.25, 0.3) is 0 Å². The van der Waals surface area contributed by atoms with E-state index in [0.717, 1.165) is 29.0 Å². The summed E-state index contributed by atoms with van der Waals surface area (Å²) in [5.41, 5.74) is 1.91. The number of aliphatic hydroxyl groups is 1. The van der Waals surface area contributed by atoms with Gasteiger partial charge in [-0.05, 0) is 76.3 Å². The normalized spacial score (nSPS) is 20.4. The zero-order valence-electron chi connectivity index (χ0n) is 20.7. The third kappa shape index (κ3) is 6.84. The Kier molecular flexibility index (Phi) is 8.44. The molecule has 1 aromatic heterocycles. The smallest absolute Gasteiger partial charge is 0.410 e. The van der Waals surface area contributed by atoms with Crippen molar-refractivity contribution in [2.24, 2.45) is 0 Å². The van der Waals surface area contributed by atoms with E-state index in [0.29, 0.717) is 31.1 Å². The number of nitrogens with zero attached hydrogens (tertiary/aromatic N) is 2. The molecule has 2 unspecified atom stereocenters. The first-order valence-corrected chi connectivity index (χ1v) is 12.0. The topological polar surface area (TPSA) is 83.9 Å². The number of aliphatic hydroxyl groups excluding tert-OH is 1. The average molecular weight is 490 g/mol. The van der Waals surface area contributed by atoms with Gasteiger partial charge >= 0.3 is 6.09 Å². The quantitative estimate of drug-likeness (QED) is 0.530. The first-order chi connectivity index (χ1) is 16.0. The molecule has 2 N–H and O–H groups in total. The molecule has 0 aliphatic carbocycles. The van der Waals surface area contributed by atoms with Crippen molar-refractivity contribution in [3.05, 3.63) is 58.4 Å². The first kappa shape index (κ1) is 26.3. The number of nitrogens with one attached hydrogen (secondary N) is 1. The van der Waals surface area contributed by atoms with Gasteiger partial charge in [0.15, 0.2) is 0 Å². The van der Waals surface area contributed by atoms with Crippen LogP contribution in [0.4, 0.5) is 4.79 Å². The predicted octanol–water partition coefficient (Wildman–Crippen LogP) is 4.51. The van der Waals surface area contributed by atoms with Crippen LogP contribution in [-0.2, 0) is 17.7 Å². The molecule has 1 saturated heterocycles. The number of halogens is 1. The summed E-state index contributed by atoms with van der Waals surface area (Å²) in [5, 5.41) is 14.3. The van der Waals surface area contributed by atoms with Gasteiger partial charge in [0.05, 0.1) is 19.8 Å². The van der Waals surface area contributed by atoms with Crippen LogP contribution in [0.25, 0.3) is 0 Å². The van der Waals surface area contributed by atoms with Crippen molar-refractivity contribution < 1.29 is 19.4 Å². The lowest BCUT2D eigenvalue weighted by Gasteiger charge is -2.32. The van der Waals surface area contributed by atoms with Crippen LogP contribution in [0.1, 0.15) is 50.4 Å². The Morgan fingerprint density at radius 3 is 2.56 bits per heavy atom. The van der Waals surface area contributed by atoms with Gasteiger partial charge in [0.2, 0.25) is 0 Å².